The highest BCUT2D eigenvalue weighted by atomic mass is 35.5. The zero-order valence-electron chi connectivity index (χ0n) is 9.78. The fourth-order valence-corrected chi connectivity index (χ4v) is 1.90. The fraction of sp³-hybridized carbons (Fsp3) is 0.214. The third kappa shape index (κ3) is 3.05. The average molecular weight is 247 g/mol. The van der Waals surface area contributed by atoms with E-state index in [0.29, 0.717) is 0 Å². The van der Waals surface area contributed by atoms with Gasteiger partial charge in [-0.25, -0.2) is 0 Å². The number of hydrogen-bond donors (Lipinski definition) is 1. The molecule has 1 aromatic carbocycles. The zero-order chi connectivity index (χ0) is 12.1. The number of fused-ring (bicyclic) bond motifs is 1. The van der Waals surface area contributed by atoms with Crippen molar-refractivity contribution in [1.82, 2.24) is 10.3 Å². The molecule has 0 aliphatic heterocycles. The second-order valence-corrected chi connectivity index (χ2v) is 4.27. The molecule has 2 nitrogen and oxygen atoms in total. The van der Waals surface area contributed by atoms with Crippen molar-refractivity contribution in [2.45, 2.75) is 6.42 Å². The van der Waals surface area contributed by atoms with E-state index in [-0.39, 0.29) is 0 Å². The summed E-state index contributed by atoms with van der Waals surface area (Å²) in [4.78, 5) is 4.32. The van der Waals surface area contributed by atoms with Gasteiger partial charge in [0.05, 0.1) is 10.5 Å². The molecule has 0 aliphatic carbocycles. The molecule has 2 rings (SSSR count). The van der Waals surface area contributed by atoms with Gasteiger partial charge in [0.25, 0.3) is 0 Å². The van der Waals surface area contributed by atoms with Crippen LogP contribution in [0.5, 0.6) is 0 Å². The summed E-state index contributed by atoms with van der Waals surface area (Å²) >= 11 is 6.09. The van der Waals surface area contributed by atoms with Crippen molar-refractivity contribution in [3.05, 3.63) is 47.1 Å². The molecular formula is C14H15ClN2. The number of aromatic nitrogens is 1. The normalized spacial score (nSPS) is 11.4. The maximum absolute atomic E-state index is 6.09. The predicted molar refractivity (Wildman–Crippen MR) is 74.3 cm³/mol. The predicted octanol–water partition coefficient (Wildman–Crippen LogP) is 3.51. The van der Waals surface area contributed by atoms with E-state index in [1.807, 2.05) is 19.2 Å². The number of hydrogen-bond acceptors (Lipinski definition) is 2. The molecule has 1 N–H and O–H groups in total. The van der Waals surface area contributed by atoms with Crippen molar-refractivity contribution in [3.63, 3.8) is 0 Å². The van der Waals surface area contributed by atoms with E-state index in [4.69, 9.17) is 11.6 Å². The molecule has 1 heterocycles. The summed E-state index contributed by atoms with van der Waals surface area (Å²) in [5.41, 5.74) is 2.09. The van der Waals surface area contributed by atoms with Crippen LogP contribution in [0.25, 0.3) is 17.0 Å². The second-order valence-electron chi connectivity index (χ2n) is 3.86. The summed E-state index contributed by atoms with van der Waals surface area (Å²) < 4.78 is 0. The molecule has 0 fully saturated rings. The van der Waals surface area contributed by atoms with E-state index in [0.717, 1.165) is 34.5 Å². The highest BCUT2D eigenvalue weighted by Crippen LogP contribution is 2.22. The molecule has 0 unspecified atom stereocenters. The Morgan fingerprint density at radius 1 is 1.35 bits per heavy atom. The first kappa shape index (κ1) is 12.1. The second kappa shape index (κ2) is 5.80. The number of nitrogens with zero attached hydrogens (tertiary/aromatic N) is 1. The highest BCUT2D eigenvalue weighted by molar-refractivity contribution is 6.35. The molecule has 3 heteroatoms. The van der Waals surface area contributed by atoms with Crippen molar-refractivity contribution in [2.75, 3.05) is 13.6 Å². The van der Waals surface area contributed by atoms with Crippen LogP contribution in [0, 0.1) is 0 Å². The summed E-state index contributed by atoms with van der Waals surface area (Å²) in [7, 11) is 1.95. The Balaban J connectivity index is 2.23. The summed E-state index contributed by atoms with van der Waals surface area (Å²) in [6.45, 7) is 0.994. The minimum Gasteiger partial charge on any atom is -0.319 e. The minimum atomic E-state index is 0.751. The lowest BCUT2D eigenvalue weighted by molar-refractivity contribution is 0.809. The first-order chi connectivity index (χ1) is 8.31. The Labute approximate surface area is 106 Å². The van der Waals surface area contributed by atoms with Crippen molar-refractivity contribution in [3.8, 4) is 0 Å². The van der Waals surface area contributed by atoms with Crippen LogP contribution in [-0.4, -0.2) is 18.6 Å². The van der Waals surface area contributed by atoms with Gasteiger partial charge in [-0.15, -0.1) is 0 Å². The highest BCUT2D eigenvalue weighted by Gasteiger charge is 1.99. The molecular weight excluding hydrogens is 232 g/mol. The van der Waals surface area contributed by atoms with Crippen LogP contribution < -0.4 is 5.32 Å². The molecule has 0 bridgehead atoms. The monoisotopic (exact) mass is 246 g/mol. The molecule has 0 saturated carbocycles. The molecule has 0 radical (unpaired) electrons. The summed E-state index contributed by atoms with van der Waals surface area (Å²) in [6.07, 6.45) is 7.03. The minimum absolute atomic E-state index is 0.751. The number of benzene rings is 1. The Morgan fingerprint density at radius 2 is 2.24 bits per heavy atom. The van der Waals surface area contributed by atoms with Crippen LogP contribution in [0.3, 0.4) is 0 Å². The Hall–Kier alpha value is -1.38. The fourth-order valence-electron chi connectivity index (χ4n) is 1.68. The standard InChI is InChI=1S/C14H15ClN2/c1-16-8-3-2-4-11-5-6-12-13(15)7-9-17-14(12)10-11/h2,4-7,9-10,16H,3,8H2,1H3. The lowest BCUT2D eigenvalue weighted by atomic mass is 10.1. The maximum atomic E-state index is 6.09. The molecule has 0 atom stereocenters. The van der Waals surface area contributed by atoms with Crippen LogP contribution in [0.2, 0.25) is 5.02 Å². The quantitative estimate of drug-likeness (QED) is 0.835. The molecule has 0 spiro atoms. The van der Waals surface area contributed by atoms with E-state index in [1.54, 1.807) is 6.20 Å². The number of rotatable bonds is 4. The van der Waals surface area contributed by atoms with Gasteiger partial charge in [-0.1, -0.05) is 35.9 Å². The first-order valence-electron chi connectivity index (χ1n) is 5.66. The van der Waals surface area contributed by atoms with Gasteiger partial charge < -0.3 is 5.32 Å². The van der Waals surface area contributed by atoms with E-state index < -0.39 is 0 Å². The van der Waals surface area contributed by atoms with E-state index >= 15 is 0 Å². The van der Waals surface area contributed by atoms with Crippen molar-refractivity contribution < 1.29 is 0 Å². The average Bonchev–Trinajstić information content (AvgIpc) is 2.35. The van der Waals surface area contributed by atoms with Crippen molar-refractivity contribution in [2.24, 2.45) is 0 Å². The van der Waals surface area contributed by atoms with Gasteiger partial charge in [0.15, 0.2) is 0 Å². The van der Waals surface area contributed by atoms with Crippen LogP contribution in [0.4, 0.5) is 0 Å². The third-order valence-corrected chi connectivity index (χ3v) is 2.91. The van der Waals surface area contributed by atoms with Gasteiger partial charge in [-0.2, -0.15) is 0 Å². The molecule has 0 aliphatic rings. The van der Waals surface area contributed by atoms with Crippen LogP contribution >= 0.6 is 11.6 Å². The van der Waals surface area contributed by atoms with Crippen LogP contribution in [0.1, 0.15) is 12.0 Å². The van der Waals surface area contributed by atoms with E-state index in [9.17, 15) is 0 Å². The molecule has 2 aromatic rings. The number of nitrogens with one attached hydrogen (secondary N) is 1. The lowest BCUT2D eigenvalue weighted by Crippen LogP contribution is -2.05. The van der Waals surface area contributed by atoms with E-state index in [1.165, 1.54) is 0 Å². The van der Waals surface area contributed by atoms with Gasteiger partial charge in [-0.05, 0) is 37.7 Å². The Bertz CT molecular complexity index is 535. The van der Waals surface area contributed by atoms with Crippen LogP contribution in [-0.2, 0) is 0 Å². The van der Waals surface area contributed by atoms with Crippen molar-refractivity contribution in [1.29, 1.82) is 0 Å². The van der Waals surface area contributed by atoms with Gasteiger partial charge in [-0.3, -0.25) is 4.98 Å². The summed E-state index contributed by atoms with van der Waals surface area (Å²) in [6, 6.07) is 7.94. The maximum Gasteiger partial charge on any atom is 0.0722 e. The third-order valence-electron chi connectivity index (χ3n) is 2.58. The summed E-state index contributed by atoms with van der Waals surface area (Å²) in [5, 5.41) is 4.86. The van der Waals surface area contributed by atoms with Gasteiger partial charge in [0.1, 0.15) is 0 Å². The SMILES string of the molecule is CNCCC=Cc1ccc2c(Cl)ccnc2c1. The van der Waals surface area contributed by atoms with Gasteiger partial charge in [0, 0.05) is 11.6 Å². The number of halogens is 1. The molecule has 1 aromatic heterocycles. The molecule has 0 saturated heterocycles. The molecule has 17 heavy (non-hydrogen) atoms. The summed E-state index contributed by atoms with van der Waals surface area (Å²) in [5.74, 6) is 0. The van der Waals surface area contributed by atoms with Gasteiger partial charge >= 0.3 is 0 Å². The smallest absolute Gasteiger partial charge is 0.0722 e. The lowest BCUT2D eigenvalue weighted by Gasteiger charge is -2.00. The van der Waals surface area contributed by atoms with Crippen LogP contribution in [0.15, 0.2) is 36.5 Å². The largest absolute Gasteiger partial charge is 0.319 e. The molecule has 88 valence electrons. The number of pyridine rings is 1. The first-order valence-corrected chi connectivity index (χ1v) is 6.04. The van der Waals surface area contributed by atoms with Gasteiger partial charge in [0.2, 0.25) is 0 Å². The Morgan fingerprint density at radius 3 is 3.06 bits per heavy atom. The molecule has 0 amide bonds. The Kier molecular flexibility index (Phi) is 4.13. The van der Waals surface area contributed by atoms with E-state index in [2.05, 4.69) is 34.6 Å². The topological polar surface area (TPSA) is 24.9 Å². The van der Waals surface area contributed by atoms with Crippen molar-refractivity contribution >= 4 is 28.6 Å². The zero-order valence-corrected chi connectivity index (χ0v) is 10.5.